The average Bonchev–Trinajstić information content (AvgIpc) is 2.95. The number of morpholine rings is 1. The molecule has 8 heteroatoms. The van der Waals surface area contributed by atoms with Crippen LogP contribution in [-0.4, -0.2) is 45.6 Å². The predicted octanol–water partition coefficient (Wildman–Crippen LogP) is 1.71. The first-order chi connectivity index (χ1) is 11.9. The average molecular weight is 346 g/mol. The van der Waals surface area contributed by atoms with Gasteiger partial charge < -0.3 is 19.1 Å². The highest BCUT2D eigenvalue weighted by atomic mass is 16.5. The molecule has 0 unspecified atom stereocenters. The van der Waals surface area contributed by atoms with E-state index in [9.17, 15) is 9.59 Å². The number of hydrogen-bond acceptors (Lipinski definition) is 6. The van der Waals surface area contributed by atoms with Crippen molar-refractivity contribution in [3.05, 3.63) is 45.0 Å². The van der Waals surface area contributed by atoms with Crippen LogP contribution in [0.3, 0.4) is 0 Å². The number of hydrogen-bond donors (Lipinski definition) is 1. The molecular formula is C17H22N4O4. The van der Waals surface area contributed by atoms with Gasteiger partial charge in [0.2, 0.25) is 0 Å². The molecule has 0 radical (unpaired) electrons. The Labute approximate surface area is 145 Å². The second kappa shape index (κ2) is 6.79. The van der Waals surface area contributed by atoms with Crippen LogP contribution in [-0.2, 0) is 4.74 Å². The maximum absolute atomic E-state index is 13.0. The molecule has 3 heterocycles. The fraction of sp³-hybridized carbons (Fsp3) is 0.529. The Kier molecular flexibility index (Phi) is 4.71. The van der Waals surface area contributed by atoms with Gasteiger partial charge in [-0.2, -0.15) is 0 Å². The normalized spacial score (nSPS) is 18.0. The quantitative estimate of drug-likeness (QED) is 0.908. The molecule has 2 aromatic heterocycles. The summed E-state index contributed by atoms with van der Waals surface area (Å²) < 4.78 is 11.0. The molecule has 1 saturated heterocycles. The zero-order valence-electron chi connectivity index (χ0n) is 14.8. The van der Waals surface area contributed by atoms with Gasteiger partial charge >= 0.3 is 0 Å². The van der Waals surface area contributed by atoms with Gasteiger partial charge in [0.05, 0.1) is 24.5 Å². The summed E-state index contributed by atoms with van der Waals surface area (Å²) in [5.41, 5.74) is 1.48. The molecule has 1 fully saturated rings. The second-order valence-corrected chi connectivity index (χ2v) is 6.52. The molecule has 0 aliphatic carbocycles. The number of ether oxygens (including phenoxy) is 1. The highest BCUT2D eigenvalue weighted by Crippen LogP contribution is 2.26. The van der Waals surface area contributed by atoms with Crippen LogP contribution >= 0.6 is 0 Å². The number of nitrogens with zero attached hydrogens (tertiary/aromatic N) is 3. The van der Waals surface area contributed by atoms with Crippen molar-refractivity contribution in [3.63, 3.8) is 0 Å². The fourth-order valence-corrected chi connectivity index (χ4v) is 2.98. The summed E-state index contributed by atoms with van der Waals surface area (Å²) in [5.74, 6) is 0.996. The van der Waals surface area contributed by atoms with Gasteiger partial charge in [-0.05, 0) is 19.8 Å². The molecule has 25 heavy (non-hydrogen) atoms. The Bertz CT molecular complexity index is 839. The maximum Gasteiger partial charge on any atom is 0.259 e. The maximum atomic E-state index is 13.0. The topological polar surface area (TPSA) is 101 Å². The molecule has 0 bridgehead atoms. The van der Waals surface area contributed by atoms with Crippen LogP contribution in [0.2, 0.25) is 0 Å². The van der Waals surface area contributed by atoms with Crippen LogP contribution in [0.5, 0.6) is 0 Å². The van der Waals surface area contributed by atoms with E-state index >= 15 is 0 Å². The van der Waals surface area contributed by atoms with E-state index in [1.54, 1.807) is 18.7 Å². The summed E-state index contributed by atoms with van der Waals surface area (Å²) in [5, 5.41) is 4.02. The van der Waals surface area contributed by atoms with Crippen molar-refractivity contribution in [2.45, 2.75) is 39.7 Å². The van der Waals surface area contributed by atoms with Crippen LogP contribution in [0.25, 0.3) is 0 Å². The van der Waals surface area contributed by atoms with E-state index in [4.69, 9.17) is 9.26 Å². The molecule has 1 aliphatic heterocycles. The van der Waals surface area contributed by atoms with Crippen molar-refractivity contribution in [1.29, 1.82) is 0 Å². The molecule has 2 aromatic rings. The monoisotopic (exact) mass is 346 g/mol. The van der Waals surface area contributed by atoms with Gasteiger partial charge in [0.1, 0.15) is 23.3 Å². The van der Waals surface area contributed by atoms with Crippen molar-refractivity contribution in [1.82, 2.24) is 20.0 Å². The van der Waals surface area contributed by atoms with Gasteiger partial charge in [0, 0.05) is 12.6 Å². The first-order valence-corrected chi connectivity index (χ1v) is 8.31. The number of aryl methyl sites for hydroxylation is 2. The van der Waals surface area contributed by atoms with E-state index in [2.05, 4.69) is 15.1 Å². The summed E-state index contributed by atoms with van der Waals surface area (Å²) in [6, 6.07) is 1.41. The summed E-state index contributed by atoms with van der Waals surface area (Å²) in [4.78, 5) is 33.3. The third-order valence-corrected chi connectivity index (χ3v) is 4.21. The van der Waals surface area contributed by atoms with Crippen molar-refractivity contribution in [2.75, 3.05) is 19.7 Å². The molecule has 134 valence electrons. The third-order valence-electron chi connectivity index (χ3n) is 4.21. The lowest BCUT2D eigenvalue weighted by Crippen LogP contribution is -2.43. The number of H-pyrrole nitrogens is 1. The van der Waals surface area contributed by atoms with Gasteiger partial charge in [-0.3, -0.25) is 9.59 Å². The lowest BCUT2D eigenvalue weighted by molar-refractivity contribution is -0.0249. The smallest absolute Gasteiger partial charge is 0.259 e. The Morgan fingerprint density at radius 3 is 2.84 bits per heavy atom. The SMILES string of the molecule is Cc1nc([C@@H]2CN(C(=O)c3c(C(C)C)noc3C)CCO2)cc(=O)[nH]1. The highest BCUT2D eigenvalue weighted by molar-refractivity contribution is 5.96. The molecular weight excluding hydrogens is 324 g/mol. The summed E-state index contributed by atoms with van der Waals surface area (Å²) in [7, 11) is 0. The number of carbonyl (C=O) groups is 1. The van der Waals surface area contributed by atoms with E-state index in [-0.39, 0.29) is 17.4 Å². The molecule has 1 N–H and O–H groups in total. The van der Waals surface area contributed by atoms with Crippen LogP contribution in [0.4, 0.5) is 0 Å². The van der Waals surface area contributed by atoms with Gasteiger partial charge in [-0.15, -0.1) is 0 Å². The largest absolute Gasteiger partial charge is 0.368 e. The predicted molar refractivity (Wildman–Crippen MR) is 89.5 cm³/mol. The zero-order valence-corrected chi connectivity index (χ0v) is 14.8. The zero-order chi connectivity index (χ0) is 18.1. The minimum absolute atomic E-state index is 0.0882. The van der Waals surface area contributed by atoms with Gasteiger partial charge in [-0.25, -0.2) is 4.98 Å². The fourth-order valence-electron chi connectivity index (χ4n) is 2.98. The number of nitrogens with one attached hydrogen (secondary N) is 1. The number of amides is 1. The lowest BCUT2D eigenvalue weighted by Gasteiger charge is -2.32. The third kappa shape index (κ3) is 3.48. The summed E-state index contributed by atoms with van der Waals surface area (Å²) >= 11 is 0. The van der Waals surface area contributed by atoms with Crippen molar-refractivity contribution in [2.24, 2.45) is 0 Å². The van der Waals surface area contributed by atoms with Crippen molar-refractivity contribution in [3.8, 4) is 0 Å². The molecule has 0 aromatic carbocycles. The Morgan fingerprint density at radius 1 is 1.40 bits per heavy atom. The highest BCUT2D eigenvalue weighted by Gasteiger charge is 2.31. The van der Waals surface area contributed by atoms with Crippen LogP contribution in [0.1, 0.15) is 59.2 Å². The lowest BCUT2D eigenvalue weighted by atomic mass is 10.0. The number of rotatable bonds is 3. The van der Waals surface area contributed by atoms with Crippen molar-refractivity contribution >= 4 is 5.91 Å². The van der Waals surface area contributed by atoms with E-state index < -0.39 is 6.10 Å². The van der Waals surface area contributed by atoms with Crippen LogP contribution in [0.15, 0.2) is 15.4 Å². The van der Waals surface area contributed by atoms with Crippen molar-refractivity contribution < 1.29 is 14.1 Å². The number of aromatic amines is 1. The molecule has 3 rings (SSSR count). The number of carbonyl (C=O) groups excluding carboxylic acids is 1. The minimum atomic E-state index is -0.429. The van der Waals surface area contributed by atoms with E-state index in [0.29, 0.717) is 48.2 Å². The van der Waals surface area contributed by atoms with Crippen LogP contribution < -0.4 is 5.56 Å². The molecule has 1 atom stereocenters. The van der Waals surface area contributed by atoms with Gasteiger partial charge in [0.15, 0.2) is 0 Å². The molecule has 0 spiro atoms. The Balaban J connectivity index is 1.85. The second-order valence-electron chi connectivity index (χ2n) is 6.52. The van der Waals surface area contributed by atoms with Gasteiger partial charge in [-0.1, -0.05) is 19.0 Å². The molecule has 1 amide bonds. The standard InChI is InChI=1S/C17H22N4O4/c1-9(2)16-15(10(3)25-20-16)17(23)21-5-6-24-13(8-21)12-7-14(22)19-11(4)18-12/h7,9,13H,5-6,8H2,1-4H3,(H,18,19,22)/t13-/m0/s1. The molecule has 1 aliphatic rings. The molecule has 0 saturated carbocycles. The number of aromatic nitrogens is 3. The minimum Gasteiger partial charge on any atom is -0.368 e. The summed E-state index contributed by atoms with van der Waals surface area (Å²) in [6.07, 6.45) is -0.429. The summed E-state index contributed by atoms with van der Waals surface area (Å²) in [6.45, 7) is 8.58. The molecule has 8 nitrogen and oxygen atoms in total. The van der Waals surface area contributed by atoms with E-state index in [1.807, 2.05) is 13.8 Å². The van der Waals surface area contributed by atoms with Crippen LogP contribution in [0, 0.1) is 13.8 Å². The van der Waals surface area contributed by atoms with E-state index in [0.717, 1.165) is 0 Å². The Morgan fingerprint density at radius 2 is 2.16 bits per heavy atom. The first kappa shape index (κ1) is 17.3. The first-order valence-electron chi connectivity index (χ1n) is 8.31. The Hall–Kier alpha value is -2.48. The van der Waals surface area contributed by atoms with Gasteiger partial charge in [0.25, 0.3) is 11.5 Å². The van der Waals surface area contributed by atoms with E-state index in [1.165, 1.54) is 6.07 Å².